The van der Waals surface area contributed by atoms with Crippen LogP contribution in [0.25, 0.3) is 0 Å². The van der Waals surface area contributed by atoms with Crippen molar-refractivity contribution >= 4 is 0 Å². The van der Waals surface area contributed by atoms with Crippen LogP contribution in [0.3, 0.4) is 0 Å². The lowest BCUT2D eigenvalue weighted by atomic mass is 9.99. The standard InChI is InChI=1S/C12H20/c1-7-12(8-9(2)3)11(6)10(4)5/h8H,2,7H2,1,3-6H3. The van der Waals surface area contributed by atoms with E-state index in [4.69, 9.17) is 0 Å². The lowest BCUT2D eigenvalue weighted by Crippen LogP contribution is -1.87. The average molecular weight is 164 g/mol. The fourth-order valence-electron chi connectivity index (χ4n) is 1.09. The van der Waals surface area contributed by atoms with E-state index in [9.17, 15) is 0 Å². The highest BCUT2D eigenvalue weighted by molar-refractivity contribution is 5.36. The molecule has 0 atom stereocenters. The van der Waals surface area contributed by atoms with Crippen LogP contribution < -0.4 is 0 Å². The maximum absolute atomic E-state index is 3.89. The first-order chi connectivity index (χ1) is 5.49. The van der Waals surface area contributed by atoms with E-state index >= 15 is 0 Å². The van der Waals surface area contributed by atoms with Crippen molar-refractivity contribution in [3.8, 4) is 0 Å². The molecule has 0 aromatic carbocycles. The first kappa shape index (κ1) is 11.2. The third-order valence-electron chi connectivity index (χ3n) is 2.03. The van der Waals surface area contributed by atoms with Crippen LogP contribution in [0.5, 0.6) is 0 Å². The molecule has 0 aromatic rings. The minimum absolute atomic E-state index is 1.09. The Kier molecular flexibility index (Phi) is 4.65. The topological polar surface area (TPSA) is 0 Å². The molecule has 0 rings (SSSR count). The van der Waals surface area contributed by atoms with Gasteiger partial charge in [-0.15, -0.1) is 0 Å². The van der Waals surface area contributed by atoms with Crippen LogP contribution in [0.2, 0.25) is 0 Å². The molecule has 0 heterocycles. The highest BCUT2D eigenvalue weighted by atomic mass is 14.0. The van der Waals surface area contributed by atoms with Gasteiger partial charge in [0.25, 0.3) is 0 Å². The molecule has 0 saturated heterocycles. The molecule has 0 aliphatic rings. The van der Waals surface area contributed by atoms with E-state index in [1.54, 1.807) is 0 Å². The van der Waals surface area contributed by atoms with Gasteiger partial charge in [-0.2, -0.15) is 0 Å². The molecule has 68 valence electrons. The Balaban J connectivity index is 4.81. The van der Waals surface area contributed by atoms with Crippen LogP contribution in [0.1, 0.15) is 41.0 Å². The molecule has 0 amide bonds. The first-order valence-electron chi connectivity index (χ1n) is 4.49. The van der Waals surface area contributed by atoms with Gasteiger partial charge < -0.3 is 0 Å². The second-order valence-electron chi connectivity index (χ2n) is 3.49. The van der Waals surface area contributed by atoms with Crippen molar-refractivity contribution < 1.29 is 0 Å². The fraction of sp³-hybridized carbons (Fsp3) is 0.500. The van der Waals surface area contributed by atoms with E-state index in [0.717, 1.165) is 12.0 Å². The van der Waals surface area contributed by atoms with Crippen molar-refractivity contribution in [3.63, 3.8) is 0 Å². The molecule has 0 spiro atoms. The van der Waals surface area contributed by atoms with E-state index in [1.165, 1.54) is 16.7 Å². The van der Waals surface area contributed by atoms with E-state index in [-0.39, 0.29) is 0 Å². The molecule has 0 radical (unpaired) electrons. The van der Waals surface area contributed by atoms with Gasteiger partial charge in [-0.25, -0.2) is 0 Å². The molecule has 0 bridgehead atoms. The summed E-state index contributed by atoms with van der Waals surface area (Å²) < 4.78 is 0. The van der Waals surface area contributed by atoms with Crippen molar-refractivity contribution in [1.82, 2.24) is 0 Å². The van der Waals surface area contributed by atoms with Gasteiger partial charge in [-0.1, -0.05) is 30.7 Å². The summed E-state index contributed by atoms with van der Waals surface area (Å²) in [5.74, 6) is 0. The third-order valence-corrected chi connectivity index (χ3v) is 2.03. The summed E-state index contributed by atoms with van der Waals surface area (Å²) in [4.78, 5) is 0. The Bertz CT molecular complexity index is 222. The molecule has 0 fully saturated rings. The smallest absolute Gasteiger partial charge is 0.0305 e. The first-order valence-corrected chi connectivity index (χ1v) is 4.49. The lowest BCUT2D eigenvalue weighted by molar-refractivity contribution is 1.07. The van der Waals surface area contributed by atoms with E-state index in [1.807, 2.05) is 6.92 Å². The van der Waals surface area contributed by atoms with Gasteiger partial charge in [0, 0.05) is 0 Å². The lowest BCUT2D eigenvalue weighted by Gasteiger charge is -2.07. The van der Waals surface area contributed by atoms with Gasteiger partial charge in [0.15, 0.2) is 0 Å². The second-order valence-corrected chi connectivity index (χ2v) is 3.49. The summed E-state index contributed by atoms with van der Waals surface area (Å²) in [6.45, 7) is 14.6. The van der Waals surface area contributed by atoms with Gasteiger partial charge in [0.1, 0.15) is 0 Å². The molecular weight excluding hydrogens is 144 g/mol. The summed E-state index contributed by atoms with van der Waals surface area (Å²) in [7, 11) is 0. The summed E-state index contributed by atoms with van der Waals surface area (Å²) in [5, 5.41) is 0. The zero-order valence-corrected chi connectivity index (χ0v) is 8.99. The van der Waals surface area contributed by atoms with Crippen LogP contribution in [0.4, 0.5) is 0 Å². The van der Waals surface area contributed by atoms with E-state index in [2.05, 4.69) is 40.3 Å². The van der Waals surface area contributed by atoms with Crippen LogP contribution in [-0.2, 0) is 0 Å². The number of allylic oxidation sites excluding steroid dienone is 5. The molecular formula is C12H20. The van der Waals surface area contributed by atoms with Gasteiger partial charge >= 0.3 is 0 Å². The van der Waals surface area contributed by atoms with Gasteiger partial charge in [0.05, 0.1) is 0 Å². The second kappa shape index (κ2) is 4.97. The molecule has 0 aromatic heterocycles. The van der Waals surface area contributed by atoms with Crippen LogP contribution in [-0.4, -0.2) is 0 Å². The molecule has 0 N–H and O–H groups in total. The summed E-state index contributed by atoms with van der Waals surface area (Å²) in [6.07, 6.45) is 3.26. The highest BCUT2D eigenvalue weighted by Gasteiger charge is 1.98. The summed E-state index contributed by atoms with van der Waals surface area (Å²) in [5.41, 5.74) is 5.33. The highest BCUT2D eigenvalue weighted by Crippen LogP contribution is 2.18. The minimum atomic E-state index is 1.09. The predicted molar refractivity (Wildman–Crippen MR) is 57.2 cm³/mol. The molecule has 0 heteroatoms. The van der Waals surface area contributed by atoms with E-state index < -0.39 is 0 Å². The molecule has 0 unspecified atom stereocenters. The van der Waals surface area contributed by atoms with Crippen LogP contribution in [0.15, 0.2) is 34.9 Å². The maximum Gasteiger partial charge on any atom is -0.0305 e. The number of rotatable bonds is 3. The molecule has 0 aliphatic heterocycles. The Morgan fingerprint density at radius 2 is 1.67 bits per heavy atom. The molecule has 12 heavy (non-hydrogen) atoms. The predicted octanol–water partition coefficient (Wildman–Crippen LogP) is 4.26. The Hall–Kier alpha value is -0.780. The SMILES string of the molecule is C=C(C)C=C(CC)C(C)=C(C)C. The molecule has 0 saturated carbocycles. The monoisotopic (exact) mass is 164 g/mol. The summed E-state index contributed by atoms with van der Waals surface area (Å²) >= 11 is 0. The van der Waals surface area contributed by atoms with Gasteiger partial charge in [0.2, 0.25) is 0 Å². The molecule has 0 aliphatic carbocycles. The van der Waals surface area contributed by atoms with Crippen molar-refractivity contribution in [2.75, 3.05) is 0 Å². The Morgan fingerprint density at radius 3 is 1.92 bits per heavy atom. The third kappa shape index (κ3) is 3.56. The van der Waals surface area contributed by atoms with Crippen LogP contribution >= 0.6 is 0 Å². The van der Waals surface area contributed by atoms with Crippen molar-refractivity contribution in [2.24, 2.45) is 0 Å². The maximum atomic E-state index is 3.89. The molecule has 0 nitrogen and oxygen atoms in total. The van der Waals surface area contributed by atoms with Crippen molar-refractivity contribution in [1.29, 1.82) is 0 Å². The normalized spacial score (nSPS) is 11.2. The van der Waals surface area contributed by atoms with Crippen molar-refractivity contribution in [3.05, 3.63) is 34.9 Å². The largest absolute Gasteiger partial charge is 0.0961 e. The summed E-state index contributed by atoms with van der Waals surface area (Å²) in [6, 6.07) is 0. The number of hydrogen-bond acceptors (Lipinski definition) is 0. The number of hydrogen-bond donors (Lipinski definition) is 0. The van der Waals surface area contributed by atoms with Gasteiger partial charge in [-0.3, -0.25) is 0 Å². The average Bonchev–Trinajstić information content (AvgIpc) is 1.98. The Morgan fingerprint density at radius 1 is 1.17 bits per heavy atom. The Labute approximate surface area is 76.7 Å². The van der Waals surface area contributed by atoms with Crippen molar-refractivity contribution in [2.45, 2.75) is 41.0 Å². The zero-order valence-electron chi connectivity index (χ0n) is 8.99. The fourth-order valence-corrected chi connectivity index (χ4v) is 1.09. The van der Waals surface area contributed by atoms with Gasteiger partial charge in [-0.05, 0) is 45.3 Å². The quantitative estimate of drug-likeness (QED) is 0.547. The minimum Gasteiger partial charge on any atom is -0.0961 e. The van der Waals surface area contributed by atoms with E-state index in [0.29, 0.717) is 0 Å². The zero-order chi connectivity index (χ0) is 9.72. The van der Waals surface area contributed by atoms with Crippen LogP contribution in [0, 0.1) is 0 Å².